The van der Waals surface area contributed by atoms with E-state index in [0.29, 0.717) is 5.92 Å². The van der Waals surface area contributed by atoms with E-state index in [2.05, 4.69) is 29.2 Å². The minimum Gasteiger partial charge on any atom is -0.459 e. The summed E-state index contributed by atoms with van der Waals surface area (Å²) in [5.41, 5.74) is 0.954. The first-order chi connectivity index (χ1) is 9.37. The summed E-state index contributed by atoms with van der Waals surface area (Å²) in [7, 11) is 0. The normalized spacial score (nSPS) is 21.7. The van der Waals surface area contributed by atoms with Crippen LogP contribution in [0.25, 0.3) is 0 Å². The van der Waals surface area contributed by atoms with Gasteiger partial charge in [-0.3, -0.25) is 9.69 Å². The first-order valence-electron chi connectivity index (χ1n) is 7.38. The number of ether oxygens (including phenoxy) is 1. The predicted molar refractivity (Wildman–Crippen MR) is 80.7 cm³/mol. The van der Waals surface area contributed by atoms with Crippen molar-refractivity contribution in [1.29, 1.82) is 0 Å². The fourth-order valence-electron chi connectivity index (χ4n) is 2.67. The van der Waals surface area contributed by atoms with Crippen molar-refractivity contribution < 1.29 is 9.53 Å². The van der Waals surface area contributed by atoms with Crippen molar-refractivity contribution in [2.75, 3.05) is 13.1 Å². The Morgan fingerprint density at radius 3 is 2.55 bits per heavy atom. The smallest absolute Gasteiger partial charge is 0.323 e. The Morgan fingerprint density at radius 1 is 1.30 bits per heavy atom. The first kappa shape index (κ1) is 15.0. The van der Waals surface area contributed by atoms with Gasteiger partial charge in [0.2, 0.25) is 0 Å². The maximum absolute atomic E-state index is 12.1. The molecule has 1 aromatic rings. The molecule has 3 nitrogen and oxygen atoms in total. The molecule has 110 valence electrons. The molecule has 1 heterocycles. The number of nitrogens with zero attached hydrogens (tertiary/aromatic N) is 1. The highest BCUT2D eigenvalue weighted by atomic mass is 16.6. The highest BCUT2D eigenvalue weighted by molar-refractivity contribution is 5.75. The molecule has 1 fully saturated rings. The molecule has 2 atom stereocenters. The van der Waals surface area contributed by atoms with Crippen molar-refractivity contribution in [2.45, 2.75) is 51.7 Å². The summed E-state index contributed by atoms with van der Waals surface area (Å²) in [5.74, 6) is 0.410. The molecule has 20 heavy (non-hydrogen) atoms. The Labute approximate surface area is 121 Å². The van der Waals surface area contributed by atoms with Gasteiger partial charge < -0.3 is 4.74 Å². The van der Waals surface area contributed by atoms with E-state index in [1.54, 1.807) is 0 Å². The maximum atomic E-state index is 12.1. The van der Waals surface area contributed by atoms with Gasteiger partial charge in [-0.15, -0.1) is 0 Å². The zero-order valence-corrected chi connectivity index (χ0v) is 12.9. The van der Waals surface area contributed by atoms with Crippen LogP contribution in [0, 0.1) is 0 Å². The van der Waals surface area contributed by atoms with Crippen molar-refractivity contribution in [3.05, 3.63) is 35.9 Å². The molecule has 0 bridgehead atoms. The molecule has 1 saturated heterocycles. The van der Waals surface area contributed by atoms with Gasteiger partial charge in [-0.2, -0.15) is 0 Å². The molecule has 0 radical (unpaired) electrons. The van der Waals surface area contributed by atoms with Crippen LogP contribution in [0.3, 0.4) is 0 Å². The standard InChI is InChI=1S/C17H25NO2/c1-13(16(19)20-17(2,3)4)18-11-10-15(12-18)14-8-6-5-7-9-14/h5-9,13,15H,10-12H2,1-4H3. The molecule has 0 aromatic heterocycles. The molecule has 2 rings (SSSR count). The van der Waals surface area contributed by atoms with E-state index in [4.69, 9.17) is 4.74 Å². The van der Waals surface area contributed by atoms with E-state index in [-0.39, 0.29) is 12.0 Å². The van der Waals surface area contributed by atoms with Crippen molar-refractivity contribution >= 4 is 5.97 Å². The van der Waals surface area contributed by atoms with Crippen LogP contribution < -0.4 is 0 Å². The van der Waals surface area contributed by atoms with E-state index >= 15 is 0 Å². The summed E-state index contributed by atoms with van der Waals surface area (Å²) in [4.78, 5) is 14.4. The van der Waals surface area contributed by atoms with Crippen LogP contribution in [0.1, 0.15) is 45.6 Å². The fourth-order valence-corrected chi connectivity index (χ4v) is 2.67. The Hall–Kier alpha value is -1.35. The Balaban J connectivity index is 1.94. The van der Waals surface area contributed by atoms with Crippen LogP contribution >= 0.6 is 0 Å². The topological polar surface area (TPSA) is 29.5 Å². The molecule has 0 amide bonds. The lowest BCUT2D eigenvalue weighted by atomic mass is 9.99. The number of likely N-dealkylation sites (tertiary alicyclic amines) is 1. The van der Waals surface area contributed by atoms with Crippen LogP contribution in [-0.2, 0) is 9.53 Å². The second-order valence-corrected chi connectivity index (χ2v) is 6.60. The van der Waals surface area contributed by atoms with Gasteiger partial charge in [-0.1, -0.05) is 30.3 Å². The van der Waals surface area contributed by atoms with E-state index in [1.807, 2.05) is 33.8 Å². The second-order valence-electron chi connectivity index (χ2n) is 6.60. The molecule has 3 heteroatoms. The Bertz CT molecular complexity index is 450. The van der Waals surface area contributed by atoms with E-state index in [9.17, 15) is 4.79 Å². The number of rotatable bonds is 3. The van der Waals surface area contributed by atoms with Gasteiger partial charge in [0.1, 0.15) is 11.6 Å². The molecule has 0 spiro atoms. The van der Waals surface area contributed by atoms with Gasteiger partial charge in [0.05, 0.1) is 0 Å². The zero-order chi connectivity index (χ0) is 14.8. The number of carbonyl (C=O) groups is 1. The highest BCUT2D eigenvalue weighted by Gasteiger charge is 2.32. The number of carbonyl (C=O) groups excluding carboxylic acids is 1. The summed E-state index contributed by atoms with van der Waals surface area (Å²) in [6.45, 7) is 9.57. The number of hydrogen-bond acceptors (Lipinski definition) is 3. The SMILES string of the molecule is CC(C(=O)OC(C)(C)C)N1CCC(c2ccccc2)C1. The molecule has 0 N–H and O–H groups in total. The number of hydrogen-bond donors (Lipinski definition) is 0. The monoisotopic (exact) mass is 275 g/mol. The summed E-state index contributed by atoms with van der Waals surface area (Å²) < 4.78 is 5.47. The lowest BCUT2D eigenvalue weighted by Gasteiger charge is -2.27. The molecule has 0 saturated carbocycles. The van der Waals surface area contributed by atoms with Gasteiger partial charge in [-0.25, -0.2) is 0 Å². The van der Waals surface area contributed by atoms with Crippen LogP contribution in [-0.4, -0.2) is 35.6 Å². The van der Waals surface area contributed by atoms with Crippen molar-refractivity contribution in [3.8, 4) is 0 Å². The lowest BCUT2D eigenvalue weighted by molar-refractivity contribution is -0.160. The van der Waals surface area contributed by atoms with Crippen molar-refractivity contribution in [1.82, 2.24) is 4.90 Å². The zero-order valence-electron chi connectivity index (χ0n) is 12.9. The number of benzene rings is 1. The van der Waals surface area contributed by atoms with Crippen LogP contribution in [0.2, 0.25) is 0 Å². The van der Waals surface area contributed by atoms with E-state index in [1.165, 1.54) is 5.56 Å². The minimum atomic E-state index is -0.413. The minimum absolute atomic E-state index is 0.119. The van der Waals surface area contributed by atoms with Gasteiger partial charge in [0, 0.05) is 6.54 Å². The first-order valence-corrected chi connectivity index (χ1v) is 7.38. The molecular weight excluding hydrogens is 250 g/mol. The van der Waals surface area contributed by atoms with Gasteiger partial charge >= 0.3 is 5.97 Å². The average Bonchev–Trinajstić information content (AvgIpc) is 2.86. The average molecular weight is 275 g/mol. The number of esters is 1. The van der Waals surface area contributed by atoms with Gasteiger partial charge in [0.25, 0.3) is 0 Å². The quantitative estimate of drug-likeness (QED) is 0.793. The van der Waals surface area contributed by atoms with Crippen LogP contribution in [0.5, 0.6) is 0 Å². The van der Waals surface area contributed by atoms with E-state index in [0.717, 1.165) is 19.5 Å². The summed E-state index contributed by atoms with van der Waals surface area (Å²) >= 11 is 0. The van der Waals surface area contributed by atoms with E-state index < -0.39 is 5.60 Å². The molecule has 1 aromatic carbocycles. The van der Waals surface area contributed by atoms with Crippen molar-refractivity contribution in [3.63, 3.8) is 0 Å². The highest BCUT2D eigenvalue weighted by Crippen LogP contribution is 2.28. The second kappa shape index (κ2) is 5.96. The predicted octanol–water partition coefficient (Wildman–Crippen LogP) is 3.21. The third-order valence-electron chi connectivity index (χ3n) is 3.79. The van der Waals surface area contributed by atoms with Crippen molar-refractivity contribution in [2.24, 2.45) is 0 Å². The fraction of sp³-hybridized carbons (Fsp3) is 0.588. The summed E-state index contributed by atoms with van der Waals surface area (Å²) in [6, 6.07) is 10.4. The third kappa shape index (κ3) is 3.83. The largest absolute Gasteiger partial charge is 0.459 e. The maximum Gasteiger partial charge on any atom is 0.323 e. The molecule has 1 aliphatic rings. The molecule has 2 unspecified atom stereocenters. The Kier molecular flexibility index (Phi) is 4.48. The summed E-state index contributed by atoms with van der Waals surface area (Å²) in [5, 5.41) is 0. The van der Waals surface area contributed by atoms with Crippen LogP contribution in [0.4, 0.5) is 0 Å². The van der Waals surface area contributed by atoms with Crippen LogP contribution in [0.15, 0.2) is 30.3 Å². The third-order valence-corrected chi connectivity index (χ3v) is 3.79. The molecular formula is C17H25NO2. The van der Waals surface area contributed by atoms with Gasteiger partial charge in [0.15, 0.2) is 0 Å². The summed E-state index contributed by atoms with van der Waals surface area (Å²) in [6.07, 6.45) is 1.11. The van der Waals surface area contributed by atoms with Gasteiger partial charge in [-0.05, 0) is 52.1 Å². The molecule has 1 aliphatic heterocycles. The molecule has 0 aliphatic carbocycles. The Morgan fingerprint density at radius 2 is 1.95 bits per heavy atom. The lowest BCUT2D eigenvalue weighted by Crippen LogP contribution is -2.41.